The van der Waals surface area contributed by atoms with E-state index in [2.05, 4.69) is 9.71 Å². The van der Waals surface area contributed by atoms with Gasteiger partial charge in [0.1, 0.15) is 0 Å². The highest BCUT2D eigenvalue weighted by atomic mass is 35.5. The van der Waals surface area contributed by atoms with E-state index < -0.39 is 10.0 Å². The molecule has 0 saturated carbocycles. The molecule has 0 aliphatic rings. The molecule has 4 nitrogen and oxygen atoms in total. The number of pyridine rings is 1. The maximum absolute atomic E-state index is 11.6. The van der Waals surface area contributed by atoms with Crippen LogP contribution in [-0.4, -0.2) is 25.0 Å². The quantitative estimate of drug-likeness (QED) is 0.867. The van der Waals surface area contributed by atoms with Crippen molar-refractivity contribution in [2.75, 3.05) is 16.4 Å². The molecule has 0 radical (unpaired) electrons. The Labute approximate surface area is 105 Å². The molecule has 6 heteroatoms. The zero-order chi connectivity index (χ0) is 12.3. The molecule has 1 aromatic heterocycles. The van der Waals surface area contributed by atoms with Crippen LogP contribution in [0.3, 0.4) is 0 Å². The van der Waals surface area contributed by atoms with Gasteiger partial charge in [0.15, 0.2) is 0 Å². The van der Waals surface area contributed by atoms with E-state index in [-0.39, 0.29) is 11.6 Å². The van der Waals surface area contributed by atoms with Gasteiger partial charge in [-0.2, -0.15) is 0 Å². The topological polar surface area (TPSA) is 59.1 Å². The number of halogens is 1. The lowest BCUT2D eigenvalue weighted by molar-refractivity contribution is 0.602. The van der Waals surface area contributed by atoms with E-state index in [1.54, 1.807) is 24.4 Å². The highest BCUT2D eigenvalue weighted by Gasteiger charge is 2.11. The number of nitrogens with zero attached hydrogens (tertiary/aromatic N) is 1. The first-order valence-corrected chi connectivity index (χ1v) is 7.21. The number of fused-ring (bicyclic) bond motifs is 1. The van der Waals surface area contributed by atoms with Gasteiger partial charge in [-0.1, -0.05) is 18.2 Å². The fourth-order valence-electron chi connectivity index (χ4n) is 1.51. The van der Waals surface area contributed by atoms with Gasteiger partial charge in [0, 0.05) is 17.5 Å². The minimum Gasteiger partial charge on any atom is -0.281 e. The predicted molar refractivity (Wildman–Crippen MR) is 69.9 cm³/mol. The molecule has 17 heavy (non-hydrogen) atoms. The maximum Gasteiger partial charge on any atom is 0.233 e. The Kier molecular flexibility index (Phi) is 3.49. The highest BCUT2D eigenvalue weighted by molar-refractivity contribution is 7.92. The predicted octanol–water partition coefficient (Wildman–Crippen LogP) is 2.22. The average Bonchev–Trinajstić information content (AvgIpc) is 2.29. The zero-order valence-corrected chi connectivity index (χ0v) is 10.5. The molecule has 0 aliphatic carbocycles. The summed E-state index contributed by atoms with van der Waals surface area (Å²) in [7, 11) is -3.40. The minimum atomic E-state index is -3.40. The third-order valence-electron chi connectivity index (χ3n) is 2.24. The van der Waals surface area contributed by atoms with Crippen molar-refractivity contribution < 1.29 is 8.42 Å². The standard InChI is InChI=1S/C11H11ClN2O2S/c12-6-8-17(15,16)14-10-5-1-3-9-4-2-7-13-11(9)10/h1-5,7,14H,6,8H2. The molecule has 1 aromatic carbocycles. The van der Waals surface area contributed by atoms with E-state index in [1.165, 1.54) is 0 Å². The lowest BCUT2D eigenvalue weighted by Crippen LogP contribution is -2.17. The highest BCUT2D eigenvalue weighted by Crippen LogP contribution is 2.21. The van der Waals surface area contributed by atoms with Gasteiger partial charge in [0.2, 0.25) is 10.0 Å². The summed E-state index contributed by atoms with van der Waals surface area (Å²) < 4.78 is 25.7. The van der Waals surface area contributed by atoms with Gasteiger partial charge in [0.05, 0.1) is 17.0 Å². The van der Waals surface area contributed by atoms with E-state index in [4.69, 9.17) is 11.6 Å². The minimum absolute atomic E-state index is 0.0630. The van der Waals surface area contributed by atoms with E-state index in [9.17, 15) is 8.42 Å². The van der Waals surface area contributed by atoms with Gasteiger partial charge in [-0.3, -0.25) is 9.71 Å². The number of sulfonamides is 1. The summed E-state index contributed by atoms with van der Waals surface area (Å²) in [6, 6.07) is 9.02. The molecule has 0 bridgehead atoms. The molecule has 1 heterocycles. The van der Waals surface area contributed by atoms with Crippen LogP contribution in [0, 0.1) is 0 Å². The largest absolute Gasteiger partial charge is 0.281 e. The van der Waals surface area contributed by atoms with Crippen LogP contribution in [0.1, 0.15) is 0 Å². The Balaban J connectivity index is 2.43. The van der Waals surface area contributed by atoms with Crippen LogP contribution in [0.2, 0.25) is 0 Å². The fraction of sp³-hybridized carbons (Fsp3) is 0.182. The Morgan fingerprint density at radius 3 is 2.76 bits per heavy atom. The van der Waals surface area contributed by atoms with Crippen molar-refractivity contribution in [3.8, 4) is 0 Å². The molecule has 0 fully saturated rings. The zero-order valence-electron chi connectivity index (χ0n) is 8.93. The van der Waals surface area contributed by atoms with Crippen molar-refractivity contribution >= 4 is 38.2 Å². The molecular formula is C11H11ClN2O2S. The van der Waals surface area contributed by atoms with Crippen LogP contribution < -0.4 is 4.72 Å². The van der Waals surface area contributed by atoms with Crippen LogP contribution in [0.5, 0.6) is 0 Å². The molecule has 2 rings (SSSR count). The Hall–Kier alpha value is -1.33. The number of rotatable bonds is 4. The first-order chi connectivity index (χ1) is 8.12. The van der Waals surface area contributed by atoms with Crippen molar-refractivity contribution in [2.45, 2.75) is 0 Å². The molecular weight excluding hydrogens is 260 g/mol. The molecule has 0 saturated heterocycles. The number of hydrogen-bond acceptors (Lipinski definition) is 3. The smallest absolute Gasteiger partial charge is 0.233 e. The Morgan fingerprint density at radius 1 is 1.24 bits per heavy atom. The van der Waals surface area contributed by atoms with Crippen LogP contribution in [0.4, 0.5) is 5.69 Å². The number of nitrogens with one attached hydrogen (secondary N) is 1. The summed E-state index contributed by atoms with van der Waals surface area (Å²) >= 11 is 5.44. The average molecular weight is 271 g/mol. The summed E-state index contributed by atoms with van der Waals surface area (Å²) in [6.07, 6.45) is 1.63. The summed E-state index contributed by atoms with van der Waals surface area (Å²) in [5.41, 5.74) is 1.11. The van der Waals surface area contributed by atoms with Crippen LogP contribution in [0.25, 0.3) is 10.9 Å². The first kappa shape index (κ1) is 12.1. The second kappa shape index (κ2) is 4.89. The Bertz CT molecular complexity index is 623. The molecule has 0 amide bonds. The summed E-state index contributed by atoms with van der Waals surface area (Å²) in [4.78, 5) is 4.17. The SMILES string of the molecule is O=S(=O)(CCCl)Nc1cccc2cccnc12. The van der Waals surface area contributed by atoms with Crippen LogP contribution in [-0.2, 0) is 10.0 Å². The number of alkyl halides is 1. The van der Waals surface area contributed by atoms with Crippen molar-refractivity contribution in [1.82, 2.24) is 4.98 Å². The molecule has 0 unspecified atom stereocenters. The van der Waals surface area contributed by atoms with Gasteiger partial charge >= 0.3 is 0 Å². The Morgan fingerprint density at radius 2 is 2.00 bits per heavy atom. The number of para-hydroxylation sites is 1. The summed E-state index contributed by atoms with van der Waals surface area (Å²) in [5.74, 6) is -0.0503. The van der Waals surface area contributed by atoms with E-state index in [1.807, 2.05) is 12.1 Å². The van der Waals surface area contributed by atoms with E-state index in [0.29, 0.717) is 11.2 Å². The van der Waals surface area contributed by atoms with Gasteiger partial charge in [0.25, 0.3) is 0 Å². The van der Waals surface area contributed by atoms with Gasteiger partial charge < -0.3 is 0 Å². The summed E-state index contributed by atoms with van der Waals surface area (Å²) in [5, 5.41) is 0.888. The van der Waals surface area contributed by atoms with Crippen LogP contribution in [0.15, 0.2) is 36.5 Å². The van der Waals surface area contributed by atoms with Crippen molar-refractivity contribution in [3.63, 3.8) is 0 Å². The van der Waals surface area contributed by atoms with Crippen molar-refractivity contribution in [2.24, 2.45) is 0 Å². The molecule has 0 atom stereocenters. The van der Waals surface area contributed by atoms with Gasteiger partial charge in [-0.25, -0.2) is 8.42 Å². The number of benzene rings is 1. The van der Waals surface area contributed by atoms with Crippen molar-refractivity contribution in [3.05, 3.63) is 36.5 Å². The van der Waals surface area contributed by atoms with Gasteiger partial charge in [-0.05, 0) is 12.1 Å². The van der Waals surface area contributed by atoms with Crippen molar-refractivity contribution in [1.29, 1.82) is 0 Å². The maximum atomic E-state index is 11.6. The molecule has 90 valence electrons. The van der Waals surface area contributed by atoms with Gasteiger partial charge in [-0.15, -0.1) is 11.6 Å². The number of hydrogen-bond donors (Lipinski definition) is 1. The number of anilines is 1. The second-order valence-electron chi connectivity index (χ2n) is 3.49. The first-order valence-electron chi connectivity index (χ1n) is 5.02. The molecule has 0 aliphatic heterocycles. The monoisotopic (exact) mass is 270 g/mol. The molecule has 2 aromatic rings. The second-order valence-corrected chi connectivity index (χ2v) is 5.71. The van der Waals surface area contributed by atoms with E-state index in [0.717, 1.165) is 5.39 Å². The number of aromatic nitrogens is 1. The molecule has 1 N–H and O–H groups in total. The summed E-state index contributed by atoms with van der Waals surface area (Å²) in [6.45, 7) is 0. The fourth-order valence-corrected chi connectivity index (χ4v) is 2.92. The van der Waals surface area contributed by atoms with E-state index >= 15 is 0 Å². The lowest BCUT2D eigenvalue weighted by Gasteiger charge is -2.08. The third-order valence-corrected chi connectivity index (χ3v) is 3.93. The molecule has 0 spiro atoms. The normalized spacial score (nSPS) is 11.6. The lowest BCUT2D eigenvalue weighted by atomic mass is 10.2. The van der Waals surface area contributed by atoms with Crippen LogP contribution >= 0.6 is 11.6 Å². The third kappa shape index (κ3) is 2.87.